The molecular weight excluding hydrogens is 302 g/mol. The zero-order valence-electron chi connectivity index (χ0n) is 9.35. The number of hydrogen-bond acceptors (Lipinski definition) is 3. The molecule has 0 saturated carbocycles. The lowest BCUT2D eigenvalue weighted by atomic mass is 10.1. The van der Waals surface area contributed by atoms with E-state index in [4.69, 9.17) is 0 Å². The molecule has 0 bridgehead atoms. The maximum absolute atomic E-state index is 11.8. The zero-order valence-corrected chi connectivity index (χ0v) is 11.8. The van der Waals surface area contributed by atoms with Gasteiger partial charge in [-0.25, -0.2) is 0 Å². The van der Waals surface area contributed by atoms with Gasteiger partial charge < -0.3 is 0 Å². The minimum atomic E-state index is -0.201. The van der Waals surface area contributed by atoms with Crippen molar-refractivity contribution in [2.24, 2.45) is 0 Å². The lowest BCUT2D eigenvalue weighted by Gasteiger charge is -2.30. The third-order valence-electron chi connectivity index (χ3n) is 2.71. The highest BCUT2D eigenvalue weighted by Gasteiger charge is 2.31. The fraction of sp³-hybridized carbons (Fsp3) is 0.333. The first-order valence-electron chi connectivity index (χ1n) is 5.27. The number of amides is 2. The van der Waals surface area contributed by atoms with Crippen molar-refractivity contribution in [1.29, 1.82) is 0 Å². The minimum absolute atomic E-state index is 0.0984. The second-order valence-corrected chi connectivity index (χ2v) is 5.78. The molecule has 90 valence electrons. The summed E-state index contributed by atoms with van der Waals surface area (Å²) in [5.74, 6) is 0.589. The van der Waals surface area contributed by atoms with E-state index in [0.29, 0.717) is 11.5 Å². The van der Waals surface area contributed by atoms with E-state index in [2.05, 4.69) is 15.9 Å². The molecule has 1 unspecified atom stereocenters. The van der Waals surface area contributed by atoms with Crippen LogP contribution >= 0.6 is 27.7 Å². The van der Waals surface area contributed by atoms with Gasteiger partial charge in [-0.3, -0.25) is 14.5 Å². The number of thioether (sulfide) groups is 1. The summed E-state index contributed by atoms with van der Waals surface area (Å²) in [5, 5.41) is 0. The molecule has 3 nitrogen and oxygen atoms in total. The molecule has 17 heavy (non-hydrogen) atoms. The number of imide groups is 1. The van der Waals surface area contributed by atoms with Crippen LogP contribution in [0.2, 0.25) is 0 Å². The predicted molar refractivity (Wildman–Crippen MR) is 71.7 cm³/mol. The molecule has 1 fully saturated rings. The summed E-state index contributed by atoms with van der Waals surface area (Å²) in [6, 6.07) is 7.49. The van der Waals surface area contributed by atoms with Crippen molar-refractivity contribution in [3.63, 3.8) is 0 Å². The molecule has 1 aromatic carbocycles. The Labute approximate surface area is 113 Å². The van der Waals surface area contributed by atoms with Crippen LogP contribution in [0, 0.1) is 0 Å². The third kappa shape index (κ3) is 2.72. The van der Waals surface area contributed by atoms with Crippen molar-refractivity contribution in [3.05, 3.63) is 34.3 Å². The molecule has 1 heterocycles. The number of benzene rings is 1. The minimum Gasteiger partial charge on any atom is -0.274 e. The van der Waals surface area contributed by atoms with E-state index >= 15 is 0 Å². The second-order valence-electron chi connectivity index (χ2n) is 3.88. The van der Waals surface area contributed by atoms with E-state index in [1.807, 2.05) is 31.2 Å². The molecule has 5 heteroatoms. The van der Waals surface area contributed by atoms with E-state index < -0.39 is 0 Å². The maximum atomic E-state index is 11.8. The molecule has 1 aliphatic rings. The van der Waals surface area contributed by atoms with E-state index in [9.17, 15) is 9.59 Å². The van der Waals surface area contributed by atoms with Crippen LogP contribution in [0.5, 0.6) is 0 Å². The number of hydrogen-bond donors (Lipinski definition) is 0. The Balaban J connectivity index is 2.26. The first kappa shape index (κ1) is 12.6. The molecule has 1 saturated heterocycles. The van der Waals surface area contributed by atoms with Gasteiger partial charge in [0.05, 0.1) is 17.5 Å². The van der Waals surface area contributed by atoms with Gasteiger partial charge in [-0.1, -0.05) is 28.1 Å². The Morgan fingerprint density at radius 1 is 1.29 bits per heavy atom. The van der Waals surface area contributed by atoms with Gasteiger partial charge in [0, 0.05) is 4.47 Å². The molecular formula is C12H12BrNO2S. The van der Waals surface area contributed by atoms with Crippen molar-refractivity contribution in [2.75, 3.05) is 11.5 Å². The van der Waals surface area contributed by atoms with Gasteiger partial charge in [0.25, 0.3) is 0 Å². The molecule has 1 aromatic rings. The number of carbonyl (C=O) groups is 2. The summed E-state index contributed by atoms with van der Waals surface area (Å²) in [6.07, 6.45) is 0. The lowest BCUT2D eigenvalue weighted by Crippen LogP contribution is -2.44. The summed E-state index contributed by atoms with van der Waals surface area (Å²) in [7, 11) is 0. The Morgan fingerprint density at radius 2 is 1.94 bits per heavy atom. The van der Waals surface area contributed by atoms with Gasteiger partial charge in [0.2, 0.25) is 11.8 Å². The topological polar surface area (TPSA) is 37.4 Å². The van der Waals surface area contributed by atoms with Crippen LogP contribution in [0.1, 0.15) is 18.5 Å². The van der Waals surface area contributed by atoms with Gasteiger partial charge >= 0.3 is 0 Å². The van der Waals surface area contributed by atoms with Gasteiger partial charge in [-0.2, -0.15) is 0 Å². The summed E-state index contributed by atoms with van der Waals surface area (Å²) < 4.78 is 0.952. The lowest BCUT2D eigenvalue weighted by molar-refractivity contribution is -0.144. The highest BCUT2D eigenvalue weighted by Crippen LogP contribution is 2.26. The van der Waals surface area contributed by atoms with Crippen molar-refractivity contribution >= 4 is 39.5 Å². The Hall–Kier alpha value is -0.810. The summed E-state index contributed by atoms with van der Waals surface area (Å²) >= 11 is 4.77. The van der Waals surface area contributed by atoms with Crippen LogP contribution in [0.4, 0.5) is 0 Å². The van der Waals surface area contributed by atoms with Gasteiger partial charge in [-0.15, -0.1) is 11.8 Å². The van der Waals surface area contributed by atoms with Crippen molar-refractivity contribution in [2.45, 2.75) is 13.0 Å². The number of rotatable bonds is 2. The molecule has 0 N–H and O–H groups in total. The van der Waals surface area contributed by atoms with E-state index in [1.165, 1.54) is 16.7 Å². The monoisotopic (exact) mass is 313 g/mol. The van der Waals surface area contributed by atoms with Crippen LogP contribution in [0.15, 0.2) is 28.7 Å². The van der Waals surface area contributed by atoms with E-state index in [1.54, 1.807) is 0 Å². The van der Waals surface area contributed by atoms with Crippen molar-refractivity contribution < 1.29 is 9.59 Å². The van der Waals surface area contributed by atoms with Crippen molar-refractivity contribution in [3.8, 4) is 0 Å². The van der Waals surface area contributed by atoms with E-state index in [0.717, 1.165) is 10.0 Å². The number of carbonyl (C=O) groups excluding carboxylic acids is 2. The van der Waals surface area contributed by atoms with E-state index in [-0.39, 0.29) is 17.9 Å². The average Bonchev–Trinajstić information content (AvgIpc) is 2.28. The first-order valence-corrected chi connectivity index (χ1v) is 7.22. The molecule has 1 atom stereocenters. The Morgan fingerprint density at radius 3 is 2.53 bits per heavy atom. The first-order chi connectivity index (χ1) is 8.09. The van der Waals surface area contributed by atoms with Gasteiger partial charge in [0.15, 0.2) is 0 Å². The average molecular weight is 314 g/mol. The maximum Gasteiger partial charge on any atom is 0.239 e. The standard InChI is InChI=1S/C12H12BrNO2S/c1-8(9-3-2-4-10(13)5-9)14-11(15)6-17-7-12(14)16/h2-5,8H,6-7H2,1H3. The van der Waals surface area contributed by atoms with Crippen LogP contribution in [-0.2, 0) is 9.59 Å². The van der Waals surface area contributed by atoms with Crippen LogP contribution in [0.3, 0.4) is 0 Å². The van der Waals surface area contributed by atoms with Gasteiger partial charge in [0.1, 0.15) is 0 Å². The Kier molecular flexibility index (Phi) is 3.89. The highest BCUT2D eigenvalue weighted by molar-refractivity contribution is 9.10. The quantitative estimate of drug-likeness (QED) is 0.788. The van der Waals surface area contributed by atoms with Crippen LogP contribution < -0.4 is 0 Å². The Bertz CT molecular complexity index is 448. The zero-order chi connectivity index (χ0) is 12.4. The smallest absolute Gasteiger partial charge is 0.239 e. The largest absolute Gasteiger partial charge is 0.274 e. The number of halogens is 1. The fourth-order valence-electron chi connectivity index (χ4n) is 1.85. The molecule has 1 aliphatic heterocycles. The predicted octanol–water partition coefficient (Wildman–Crippen LogP) is 2.61. The summed E-state index contributed by atoms with van der Waals surface area (Å²) in [4.78, 5) is 24.9. The SMILES string of the molecule is CC(c1cccc(Br)c1)N1C(=O)CSCC1=O. The molecule has 2 rings (SSSR count). The van der Waals surface area contributed by atoms with Gasteiger partial charge in [-0.05, 0) is 24.6 Å². The molecule has 0 spiro atoms. The highest BCUT2D eigenvalue weighted by atomic mass is 79.9. The fourth-order valence-corrected chi connectivity index (χ4v) is 3.00. The number of nitrogens with zero attached hydrogens (tertiary/aromatic N) is 1. The summed E-state index contributed by atoms with van der Waals surface area (Å²) in [5.41, 5.74) is 0.966. The van der Waals surface area contributed by atoms with Crippen molar-refractivity contribution in [1.82, 2.24) is 4.90 Å². The second kappa shape index (κ2) is 5.23. The molecule has 0 aliphatic carbocycles. The molecule has 2 amide bonds. The third-order valence-corrected chi connectivity index (χ3v) is 4.10. The summed E-state index contributed by atoms with van der Waals surface area (Å²) in [6.45, 7) is 1.88. The normalized spacial score (nSPS) is 18.4. The van der Waals surface area contributed by atoms with Crippen LogP contribution in [-0.4, -0.2) is 28.2 Å². The van der Waals surface area contributed by atoms with Crippen LogP contribution in [0.25, 0.3) is 0 Å². The molecule has 0 radical (unpaired) electrons. The molecule has 0 aromatic heterocycles.